The number of carbonyl (C=O) groups excluding carboxylic acids is 2. The largest absolute Gasteiger partial charge is 0.353 e. The molecule has 0 aromatic carbocycles. The summed E-state index contributed by atoms with van der Waals surface area (Å²) in [6, 6.07) is 0.311. The van der Waals surface area contributed by atoms with Gasteiger partial charge < -0.3 is 10.6 Å². The zero-order chi connectivity index (χ0) is 19.1. The van der Waals surface area contributed by atoms with E-state index in [0.717, 1.165) is 30.6 Å². The average Bonchev–Trinajstić information content (AvgIpc) is 3.14. The summed E-state index contributed by atoms with van der Waals surface area (Å²) >= 11 is 6.35. The number of carbonyl (C=O) groups is 2. The van der Waals surface area contributed by atoms with Crippen LogP contribution >= 0.6 is 11.6 Å². The predicted octanol–water partition coefficient (Wildman–Crippen LogP) is 3.08. The Morgan fingerprint density at radius 3 is 2.69 bits per heavy atom. The van der Waals surface area contributed by atoms with E-state index >= 15 is 0 Å². The molecule has 1 aliphatic rings. The van der Waals surface area contributed by atoms with E-state index < -0.39 is 0 Å². The van der Waals surface area contributed by atoms with E-state index in [1.54, 1.807) is 10.8 Å². The lowest BCUT2D eigenvalue weighted by Crippen LogP contribution is -2.35. The van der Waals surface area contributed by atoms with Gasteiger partial charge >= 0.3 is 0 Å². The van der Waals surface area contributed by atoms with E-state index in [4.69, 9.17) is 11.6 Å². The SMILES string of the molecule is Cc1nn(CC(C)C)c(Cl)c1C=CC(=O)NCCC(=O)NC1CCCC1. The van der Waals surface area contributed by atoms with Gasteiger partial charge in [-0.2, -0.15) is 5.10 Å². The summed E-state index contributed by atoms with van der Waals surface area (Å²) in [5.74, 6) is 0.183. The maximum atomic E-state index is 11.9. The van der Waals surface area contributed by atoms with Crippen molar-refractivity contribution in [2.45, 2.75) is 65.5 Å². The molecule has 6 nitrogen and oxygen atoms in total. The van der Waals surface area contributed by atoms with Gasteiger partial charge in [-0.05, 0) is 31.8 Å². The number of hydrogen-bond donors (Lipinski definition) is 2. The van der Waals surface area contributed by atoms with Crippen LogP contribution in [0, 0.1) is 12.8 Å². The van der Waals surface area contributed by atoms with Crippen molar-refractivity contribution in [1.29, 1.82) is 0 Å². The summed E-state index contributed by atoms with van der Waals surface area (Å²) in [5.41, 5.74) is 1.54. The number of nitrogens with zero attached hydrogens (tertiary/aromatic N) is 2. The van der Waals surface area contributed by atoms with Gasteiger partial charge in [0.05, 0.1) is 5.69 Å². The van der Waals surface area contributed by atoms with E-state index in [-0.39, 0.29) is 11.8 Å². The van der Waals surface area contributed by atoms with E-state index in [1.807, 2.05) is 6.92 Å². The fourth-order valence-electron chi connectivity index (χ4n) is 3.11. The predicted molar refractivity (Wildman–Crippen MR) is 104 cm³/mol. The van der Waals surface area contributed by atoms with Gasteiger partial charge in [-0.25, -0.2) is 0 Å². The summed E-state index contributed by atoms with van der Waals surface area (Å²) in [6.45, 7) is 7.11. The lowest BCUT2D eigenvalue weighted by atomic mass is 10.2. The maximum absolute atomic E-state index is 11.9. The van der Waals surface area contributed by atoms with Crippen molar-refractivity contribution in [2.24, 2.45) is 5.92 Å². The molecule has 7 heteroatoms. The standard InChI is InChI=1S/C19H29ClN4O2/c1-13(2)12-24-19(20)16(14(3)23-24)8-9-17(25)21-11-10-18(26)22-15-6-4-5-7-15/h8-9,13,15H,4-7,10-12H2,1-3H3,(H,21,25)(H,22,26). The summed E-state index contributed by atoms with van der Waals surface area (Å²) in [7, 11) is 0. The second-order valence-electron chi connectivity index (χ2n) is 7.29. The van der Waals surface area contributed by atoms with E-state index in [0.29, 0.717) is 30.1 Å². The van der Waals surface area contributed by atoms with E-state index in [1.165, 1.54) is 18.9 Å². The van der Waals surface area contributed by atoms with Crippen molar-refractivity contribution in [1.82, 2.24) is 20.4 Å². The van der Waals surface area contributed by atoms with Gasteiger partial charge in [0.15, 0.2) is 0 Å². The van der Waals surface area contributed by atoms with Crippen molar-refractivity contribution < 1.29 is 9.59 Å². The van der Waals surface area contributed by atoms with Crippen molar-refractivity contribution in [3.63, 3.8) is 0 Å². The Morgan fingerprint density at radius 2 is 2.04 bits per heavy atom. The highest BCUT2D eigenvalue weighted by molar-refractivity contribution is 6.31. The molecular formula is C19H29ClN4O2. The number of aromatic nitrogens is 2. The minimum absolute atomic E-state index is 0.00460. The van der Waals surface area contributed by atoms with Crippen molar-refractivity contribution in [2.75, 3.05) is 6.54 Å². The molecule has 1 saturated carbocycles. The number of amides is 2. The van der Waals surface area contributed by atoms with Gasteiger partial charge in [0.25, 0.3) is 0 Å². The van der Waals surface area contributed by atoms with Crippen molar-refractivity contribution in [3.8, 4) is 0 Å². The van der Waals surface area contributed by atoms with Gasteiger partial charge in [-0.15, -0.1) is 0 Å². The third kappa shape index (κ3) is 6.16. The van der Waals surface area contributed by atoms with Crippen LogP contribution in [0.4, 0.5) is 0 Å². The Morgan fingerprint density at radius 1 is 1.35 bits per heavy atom. The van der Waals surface area contributed by atoms with E-state index in [2.05, 4.69) is 29.6 Å². The quantitative estimate of drug-likeness (QED) is 0.680. The van der Waals surface area contributed by atoms with Gasteiger partial charge in [-0.1, -0.05) is 38.3 Å². The Hall–Kier alpha value is -1.82. The second kappa shape index (κ2) is 9.76. The molecule has 144 valence electrons. The zero-order valence-corrected chi connectivity index (χ0v) is 16.6. The molecular weight excluding hydrogens is 352 g/mol. The lowest BCUT2D eigenvalue weighted by molar-refractivity contribution is -0.121. The normalized spacial score (nSPS) is 15.1. The maximum Gasteiger partial charge on any atom is 0.244 e. The molecule has 0 radical (unpaired) electrons. The summed E-state index contributed by atoms with van der Waals surface area (Å²) < 4.78 is 1.76. The first-order chi connectivity index (χ1) is 12.4. The average molecular weight is 381 g/mol. The molecule has 0 unspecified atom stereocenters. The first-order valence-electron chi connectivity index (χ1n) is 9.35. The van der Waals surface area contributed by atoms with Gasteiger partial charge in [-0.3, -0.25) is 14.3 Å². The summed E-state index contributed by atoms with van der Waals surface area (Å²) in [4.78, 5) is 23.8. The second-order valence-corrected chi connectivity index (χ2v) is 7.65. The Bertz CT molecular complexity index is 661. The molecule has 1 fully saturated rings. The van der Waals surface area contributed by atoms with Crippen LogP contribution in [0.5, 0.6) is 0 Å². The fraction of sp³-hybridized carbons (Fsp3) is 0.632. The molecule has 0 aliphatic heterocycles. The van der Waals surface area contributed by atoms with Crippen molar-refractivity contribution >= 4 is 29.5 Å². The molecule has 2 N–H and O–H groups in total. The molecule has 2 amide bonds. The first-order valence-corrected chi connectivity index (χ1v) is 9.72. The molecule has 2 rings (SSSR count). The smallest absolute Gasteiger partial charge is 0.244 e. The highest BCUT2D eigenvalue weighted by Crippen LogP contribution is 2.22. The third-order valence-corrected chi connectivity index (χ3v) is 4.82. The molecule has 1 aromatic heterocycles. The first kappa shape index (κ1) is 20.5. The monoisotopic (exact) mass is 380 g/mol. The minimum Gasteiger partial charge on any atom is -0.353 e. The molecule has 26 heavy (non-hydrogen) atoms. The van der Waals surface area contributed by atoms with Crippen LogP contribution in [0.3, 0.4) is 0 Å². The topological polar surface area (TPSA) is 76.0 Å². The molecule has 0 saturated heterocycles. The zero-order valence-electron chi connectivity index (χ0n) is 15.8. The van der Waals surface area contributed by atoms with Crippen molar-refractivity contribution in [3.05, 3.63) is 22.5 Å². The number of hydrogen-bond acceptors (Lipinski definition) is 3. The Balaban J connectivity index is 1.78. The lowest BCUT2D eigenvalue weighted by Gasteiger charge is -2.11. The Kier molecular flexibility index (Phi) is 7.69. The molecule has 1 aromatic rings. The number of aryl methyl sites for hydroxylation is 1. The van der Waals surface area contributed by atoms with Crippen LogP contribution in [0.2, 0.25) is 5.15 Å². The number of nitrogens with one attached hydrogen (secondary N) is 2. The molecule has 0 bridgehead atoms. The number of rotatable bonds is 8. The summed E-state index contributed by atoms with van der Waals surface area (Å²) in [5, 5.41) is 10.7. The Labute approximate surface area is 160 Å². The minimum atomic E-state index is -0.245. The molecule has 1 heterocycles. The van der Waals surface area contributed by atoms with E-state index in [9.17, 15) is 9.59 Å². The molecule has 0 spiro atoms. The third-order valence-electron chi connectivity index (χ3n) is 4.42. The molecule has 1 aliphatic carbocycles. The van der Waals surface area contributed by atoms with Crippen LogP contribution in [0.15, 0.2) is 6.08 Å². The van der Waals surface area contributed by atoms with Gasteiger partial charge in [0, 0.05) is 37.2 Å². The van der Waals surface area contributed by atoms with Gasteiger partial charge in [0.1, 0.15) is 5.15 Å². The van der Waals surface area contributed by atoms with Crippen LogP contribution < -0.4 is 10.6 Å². The van der Waals surface area contributed by atoms with Crippen LogP contribution in [-0.2, 0) is 16.1 Å². The highest BCUT2D eigenvalue weighted by Gasteiger charge is 2.16. The summed E-state index contributed by atoms with van der Waals surface area (Å²) in [6.07, 6.45) is 7.89. The van der Waals surface area contributed by atoms with Crippen LogP contribution in [0.1, 0.15) is 57.2 Å². The van der Waals surface area contributed by atoms with Crippen LogP contribution in [0.25, 0.3) is 6.08 Å². The fourth-order valence-corrected chi connectivity index (χ4v) is 3.42. The van der Waals surface area contributed by atoms with Gasteiger partial charge in [0.2, 0.25) is 11.8 Å². The number of halogens is 1. The van der Waals surface area contributed by atoms with Crippen LogP contribution in [-0.4, -0.2) is 34.2 Å². The highest BCUT2D eigenvalue weighted by atomic mass is 35.5. The molecule has 0 atom stereocenters.